The van der Waals surface area contributed by atoms with Gasteiger partial charge in [-0.1, -0.05) is 32.0 Å². The van der Waals surface area contributed by atoms with Crippen molar-refractivity contribution in [2.75, 3.05) is 18.0 Å². The van der Waals surface area contributed by atoms with Gasteiger partial charge in [0.25, 0.3) is 0 Å². The predicted octanol–water partition coefficient (Wildman–Crippen LogP) is 2.96. The number of aliphatic imine (C=N–C) groups is 1. The number of hydrogen-bond acceptors (Lipinski definition) is 3. The van der Waals surface area contributed by atoms with E-state index in [1.54, 1.807) is 0 Å². The molecular weight excluding hydrogens is 272 g/mol. The molecule has 0 saturated heterocycles. The Morgan fingerprint density at radius 1 is 1.25 bits per heavy atom. The highest BCUT2D eigenvalue weighted by molar-refractivity contribution is 6.11. The minimum Gasteiger partial charge on any atom is -0.377 e. The van der Waals surface area contributed by atoms with Gasteiger partial charge in [0.2, 0.25) is 0 Å². The molecule has 1 fully saturated rings. The molecule has 0 bridgehead atoms. The average Bonchev–Trinajstić information content (AvgIpc) is 3.18. The Bertz CT molecular complexity index is 580. The molecular formula is C16H21ClN2O. The van der Waals surface area contributed by atoms with Gasteiger partial charge in [-0.05, 0) is 24.8 Å². The van der Waals surface area contributed by atoms with Crippen LogP contribution in [0.2, 0.25) is 0 Å². The maximum Gasteiger partial charge on any atom is 0.152 e. The summed E-state index contributed by atoms with van der Waals surface area (Å²) in [5.74, 6) is 1.26. The molecule has 4 heteroatoms. The van der Waals surface area contributed by atoms with Crippen LogP contribution in [-0.2, 0) is 5.60 Å². The molecule has 1 aliphatic carbocycles. The minimum absolute atomic E-state index is 0. The highest BCUT2D eigenvalue weighted by atomic mass is 35.5. The zero-order chi connectivity index (χ0) is 13.3. The molecule has 3 aliphatic rings. The van der Waals surface area contributed by atoms with E-state index in [9.17, 15) is 5.11 Å². The second-order valence-electron chi connectivity index (χ2n) is 6.95. The Morgan fingerprint density at radius 3 is 2.65 bits per heavy atom. The summed E-state index contributed by atoms with van der Waals surface area (Å²) >= 11 is 0. The number of nitrogens with zero attached hydrogens (tertiary/aromatic N) is 2. The van der Waals surface area contributed by atoms with E-state index >= 15 is 0 Å². The number of benzene rings is 1. The second kappa shape index (κ2) is 4.22. The van der Waals surface area contributed by atoms with Gasteiger partial charge in [-0.2, -0.15) is 0 Å². The van der Waals surface area contributed by atoms with E-state index in [-0.39, 0.29) is 17.8 Å². The van der Waals surface area contributed by atoms with Crippen molar-refractivity contribution >= 4 is 23.9 Å². The van der Waals surface area contributed by atoms with Crippen LogP contribution in [0, 0.1) is 11.3 Å². The lowest BCUT2D eigenvalue weighted by molar-refractivity contribution is 0.0885. The SMILES string of the molecule is CC1(C)CN=C2N(C1)c1ccccc1C2(O)C1CC1.Cl. The Labute approximate surface area is 126 Å². The predicted molar refractivity (Wildman–Crippen MR) is 83.7 cm³/mol. The summed E-state index contributed by atoms with van der Waals surface area (Å²) in [5.41, 5.74) is 1.57. The van der Waals surface area contributed by atoms with Crippen LogP contribution in [0.3, 0.4) is 0 Å². The first-order chi connectivity index (χ1) is 9.02. The van der Waals surface area contributed by atoms with Crippen molar-refractivity contribution in [3.8, 4) is 0 Å². The summed E-state index contributed by atoms with van der Waals surface area (Å²) in [6.07, 6.45) is 2.22. The van der Waals surface area contributed by atoms with Gasteiger partial charge in [0, 0.05) is 29.8 Å². The lowest BCUT2D eigenvalue weighted by Crippen LogP contribution is -2.49. The Hall–Kier alpha value is -1.06. The topological polar surface area (TPSA) is 35.8 Å². The summed E-state index contributed by atoms with van der Waals surface area (Å²) in [7, 11) is 0. The van der Waals surface area contributed by atoms with Crippen LogP contribution in [0.1, 0.15) is 32.3 Å². The quantitative estimate of drug-likeness (QED) is 0.864. The monoisotopic (exact) mass is 292 g/mol. The molecule has 0 radical (unpaired) electrons. The van der Waals surface area contributed by atoms with Gasteiger partial charge in [0.1, 0.15) is 5.84 Å². The molecule has 4 rings (SSSR count). The maximum absolute atomic E-state index is 11.3. The zero-order valence-corrected chi connectivity index (χ0v) is 12.8. The maximum atomic E-state index is 11.3. The first kappa shape index (κ1) is 13.9. The van der Waals surface area contributed by atoms with Crippen molar-refractivity contribution in [1.82, 2.24) is 0 Å². The molecule has 0 spiro atoms. The van der Waals surface area contributed by atoms with Crippen LogP contribution >= 0.6 is 12.4 Å². The second-order valence-corrected chi connectivity index (χ2v) is 6.95. The number of fused-ring (bicyclic) bond motifs is 3. The smallest absolute Gasteiger partial charge is 0.152 e. The summed E-state index contributed by atoms with van der Waals surface area (Å²) in [6, 6.07) is 8.27. The molecule has 2 heterocycles. The third-order valence-electron chi connectivity index (χ3n) is 4.61. The largest absolute Gasteiger partial charge is 0.377 e. The lowest BCUT2D eigenvalue weighted by atomic mass is 9.87. The van der Waals surface area contributed by atoms with Gasteiger partial charge in [0.15, 0.2) is 5.60 Å². The number of para-hydroxylation sites is 1. The Balaban J connectivity index is 0.00000121. The van der Waals surface area contributed by atoms with E-state index in [1.165, 1.54) is 0 Å². The molecule has 2 aliphatic heterocycles. The van der Waals surface area contributed by atoms with Crippen molar-refractivity contribution in [2.45, 2.75) is 32.3 Å². The fourth-order valence-electron chi connectivity index (χ4n) is 3.51. The number of aliphatic hydroxyl groups is 1. The minimum atomic E-state index is -0.826. The Kier molecular flexibility index (Phi) is 2.93. The molecule has 1 N–H and O–H groups in total. The normalized spacial score (nSPS) is 30.1. The number of rotatable bonds is 1. The van der Waals surface area contributed by atoms with E-state index in [2.05, 4.69) is 36.9 Å². The average molecular weight is 293 g/mol. The number of amidine groups is 1. The molecule has 108 valence electrons. The summed E-state index contributed by atoms with van der Waals surface area (Å²) < 4.78 is 0. The van der Waals surface area contributed by atoms with E-state index in [0.29, 0.717) is 5.92 Å². The lowest BCUT2D eigenvalue weighted by Gasteiger charge is -2.37. The highest BCUT2D eigenvalue weighted by Crippen LogP contribution is 2.54. The van der Waals surface area contributed by atoms with Crippen molar-refractivity contribution in [3.05, 3.63) is 29.8 Å². The van der Waals surface area contributed by atoms with Crippen LogP contribution in [-0.4, -0.2) is 24.0 Å². The first-order valence-corrected chi connectivity index (χ1v) is 7.17. The van der Waals surface area contributed by atoms with Gasteiger partial charge in [-0.25, -0.2) is 0 Å². The van der Waals surface area contributed by atoms with Crippen LogP contribution < -0.4 is 4.90 Å². The van der Waals surface area contributed by atoms with E-state index in [1.807, 2.05) is 6.07 Å². The van der Waals surface area contributed by atoms with E-state index < -0.39 is 5.60 Å². The summed E-state index contributed by atoms with van der Waals surface area (Å²) in [5, 5.41) is 11.3. The van der Waals surface area contributed by atoms with Crippen LogP contribution in [0.15, 0.2) is 29.3 Å². The highest BCUT2D eigenvalue weighted by Gasteiger charge is 2.57. The van der Waals surface area contributed by atoms with Gasteiger partial charge in [0.05, 0.1) is 0 Å². The number of halogens is 1. The van der Waals surface area contributed by atoms with Crippen LogP contribution in [0.4, 0.5) is 5.69 Å². The van der Waals surface area contributed by atoms with E-state index in [4.69, 9.17) is 4.99 Å². The van der Waals surface area contributed by atoms with Crippen molar-refractivity contribution < 1.29 is 5.11 Å². The van der Waals surface area contributed by atoms with Crippen molar-refractivity contribution in [3.63, 3.8) is 0 Å². The van der Waals surface area contributed by atoms with Gasteiger partial charge >= 0.3 is 0 Å². The molecule has 1 aromatic carbocycles. The van der Waals surface area contributed by atoms with E-state index in [0.717, 1.165) is 43.0 Å². The van der Waals surface area contributed by atoms with Crippen molar-refractivity contribution in [1.29, 1.82) is 0 Å². The molecule has 1 saturated carbocycles. The standard InChI is InChI=1S/C16H20N2O.ClH/c1-15(2)9-17-14-16(19,11-7-8-11)12-5-3-4-6-13(12)18(14)10-15;/h3-6,11,19H,7-10H2,1-2H3;1H. The van der Waals surface area contributed by atoms with Crippen molar-refractivity contribution in [2.24, 2.45) is 16.3 Å². The molecule has 1 unspecified atom stereocenters. The first-order valence-electron chi connectivity index (χ1n) is 7.17. The molecule has 0 amide bonds. The fraction of sp³-hybridized carbons (Fsp3) is 0.562. The molecule has 0 aromatic heterocycles. The molecule has 1 atom stereocenters. The van der Waals surface area contributed by atoms with Crippen LogP contribution in [0.25, 0.3) is 0 Å². The number of hydrogen-bond donors (Lipinski definition) is 1. The third kappa shape index (κ3) is 1.73. The fourth-order valence-corrected chi connectivity index (χ4v) is 3.51. The van der Waals surface area contributed by atoms with Crippen LogP contribution in [0.5, 0.6) is 0 Å². The molecule has 3 nitrogen and oxygen atoms in total. The number of anilines is 1. The summed E-state index contributed by atoms with van der Waals surface area (Å²) in [4.78, 5) is 7.01. The van der Waals surface area contributed by atoms with Gasteiger partial charge in [-0.3, -0.25) is 4.99 Å². The van der Waals surface area contributed by atoms with Gasteiger partial charge < -0.3 is 10.0 Å². The van der Waals surface area contributed by atoms with Gasteiger partial charge in [-0.15, -0.1) is 12.4 Å². The Morgan fingerprint density at radius 2 is 1.95 bits per heavy atom. The summed E-state index contributed by atoms with van der Waals surface area (Å²) in [6.45, 7) is 6.23. The third-order valence-corrected chi connectivity index (χ3v) is 4.61. The molecule has 1 aromatic rings. The molecule has 20 heavy (non-hydrogen) atoms. The zero-order valence-electron chi connectivity index (χ0n) is 12.0.